The number of hydrogen-bond acceptors (Lipinski definition) is 6. The highest BCUT2D eigenvalue weighted by Gasteiger charge is 2.25. The summed E-state index contributed by atoms with van der Waals surface area (Å²) >= 11 is 0. The molecule has 7 N–H and O–H groups in total. The summed E-state index contributed by atoms with van der Waals surface area (Å²) in [6, 6.07) is 15.2. The molecule has 0 aromatic heterocycles. The fraction of sp³-hybridized carbons (Fsp3) is 0.375. The molecule has 0 aliphatic carbocycles. The van der Waals surface area contributed by atoms with Crippen molar-refractivity contribution in [1.82, 2.24) is 10.6 Å². The summed E-state index contributed by atoms with van der Waals surface area (Å²) in [5, 5.41) is 8.75. The Hall–Kier alpha value is -3.43. The molecule has 9 nitrogen and oxygen atoms in total. The number of primary amides is 1. The zero-order valence-corrected chi connectivity index (χ0v) is 18.9. The molecule has 0 spiro atoms. The van der Waals surface area contributed by atoms with Gasteiger partial charge in [-0.05, 0) is 49.7 Å². The third-order valence-electron chi connectivity index (χ3n) is 5.13. The molecular formula is C24H33N5O4. The molecule has 0 saturated carbocycles. The molecule has 0 aliphatic heterocycles. The Morgan fingerprint density at radius 1 is 0.909 bits per heavy atom. The molecule has 0 unspecified atom stereocenters. The van der Waals surface area contributed by atoms with Crippen molar-refractivity contribution < 1.29 is 19.1 Å². The van der Waals surface area contributed by atoms with Gasteiger partial charge >= 0.3 is 6.09 Å². The SMILES string of the molecule is CN[C@@H](CCCCN)C(=O)N[C@@H](Cc1ccccc1)C(=O)Nc1ccc(COC(N)=O)cc1. The summed E-state index contributed by atoms with van der Waals surface area (Å²) in [5.74, 6) is -0.560. The maximum atomic E-state index is 13.1. The van der Waals surface area contributed by atoms with Crippen LogP contribution in [0.25, 0.3) is 0 Å². The molecule has 2 aromatic carbocycles. The lowest BCUT2D eigenvalue weighted by atomic mass is 10.0. The molecular weight excluding hydrogens is 422 g/mol. The van der Waals surface area contributed by atoms with Gasteiger partial charge in [-0.15, -0.1) is 0 Å². The first-order chi connectivity index (χ1) is 15.9. The fourth-order valence-electron chi connectivity index (χ4n) is 3.30. The van der Waals surface area contributed by atoms with Gasteiger partial charge in [-0.3, -0.25) is 9.59 Å². The average molecular weight is 456 g/mol. The molecule has 0 radical (unpaired) electrons. The van der Waals surface area contributed by atoms with Gasteiger partial charge in [0.25, 0.3) is 0 Å². The van der Waals surface area contributed by atoms with E-state index in [1.54, 1.807) is 31.3 Å². The lowest BCUT2D eigenvalue weighted by molar-refractivity contribution is -0.128. The minimum Gasteiger partial charge on any atom is -0.445 e. The number of benzene rings is 2. The predicted molar refractivity (Wildman–Crippen MR) is 127 cm³/mol. The molecule has 3 amide bonds. The van der Waals surface area contributed by atoms with Gasteiger partial charge in [0, 0.05) is 12.1 Å². The van der Waals surface area contributed by atoms with Gasteiger partial charge in [0.05, 0.1) is 6.04 Å². The monoisotopic (exact) mass is 455 g/mol. The van der Waals surface area contributed by atoms with Gasteiger partial charge < -0.3 is 32.2 Å². The van der Waals surface area contributed by atoms with Crippen molar-refractivity contribution in [3.05, 3.63) is 65.7 Å². The Morgan fingerprint density at radius 3 is 2.21 bits per heavy atom. The van der Waals surface area contributed by atoms with E-state index in [0.717, 1.165) is 24.0 Å². The van der Waals surface area contributed by atoms with Crippen molar-refractivity contribution in [2.75, 3.05) is 18.9 Å². The molecule has 0 saturated heterocycles. The molecule has 2 rings (SSSR count). The molecule has 2 aromatic rings. The molecule has 0 fully saturated rings. The molecule has 2 atom stereocenters. The number of anilines is 1. The maximum absolute atomic E-state index is 13.1. The molecule has 33 heavy (non-hydrogen) atoms. The summed E-state index contributed by atoms with van der Waals surface area (Å²) < 4.78 is 4.76. The van der Waals surface area contributed by atoms with E-state index >= 15 is 0 Å². The molecule has 178 valence electrons. The van der Waals surface area contributed by atoms with Crippen LogP contribution in [0.1, 0.15) is 30.4 Å². The smallest absolute Gasteiger partial charge is 0.404 e. The van der Waals surface area contributed by atoms with Crippen LogP contribution < -0.4 is 27.4 Å². The number of likely N-dealkylation sites (N-methyl/N-ethyl adjacent to an activating group) is 1. The Bertz CT molecular complexity index is 889. The van der Waals surface area contributed by atoms with E-state index in [1.165, 1.54) is 0 Å². The van der Waals surface area contributed by atoms with Gasteiger partial charge in [0.1, 0.15) is 12.6 Å². The second kappa shape index (κ2) is 13.9. The van der Waals surface area contributed by atoms with E-state index in [2.05, 4.69) is 16.0 Å². The summed E-state index contributed by atoms with van der Waals surface area (Å²) in [6.07, 6.45) is 1.78. The van der Waals surface area contributed by atoms with Gasteiger partial charge in [-0.25, -0.2) is 4.79 Å². The zero-order valence-electron chi connectivity index (χ0n) is 18.9. The highest BCUT2D eigenvalue weighted by Crippen LogP contribution is 2.13. The molecule has 9 heteroatoms. The number of hydrogen-bond donors (Lipinski definition) is 5. The highest BCUT2D eigenvalue weighted by atomic mass is 16.5. The van der Waals surface area contributed by atoms with Crippen LogP contribution in [0, 0.1) is 0 Å². The summed E-state index contributed by atoms with van der Waals surface area (Å²) in [4.78, 5) is 36.7. The number of carbonyl (C=O) groups excluding carboxylic acids is 3. The van der Waals surface area contributed by atoms with Crippen molar-refractivity contribution in [1.29, 1.82) is 0 Å². The van der Waals surface area contributed by atoms with Crippen molar-refractivity contribution in [3.63, 3.8) is 0 Å². The van der Waals surface area contributed by atoms with E-state index in [0.29, 0.717) is 25.1 Å². The van der Waals surface area contributed by atoms with Crippen molar-refractivity contribution in [2.24, 2.45) is 11.5 Å². The maximum Gasteiger partial charge on any atom is 0.404 e. The van der Waals surface area contributed by atoms with E-state index in [1.807, 2.05) is 30.3 Å². The minimum absolute atomic E-state index is 0.0474. The number of rotatable bonds is 13. The van der Waals surface area contributed by atoms with Crippen LogP contribution in [-0.2, 0) is 27.4 Å². The summed E-state index contributed by atoms with van der Waals surface area (Å²) in [6.45, 7) is 0.621. The van der Waals surface area contributed by atoms with Crippen molar-refractivity contribution in [3.8, 4) is 0 Å². The van der Waals surface area contributed by atoms with Crippen molar-refractivity contribution in [2.45, 2.75) is 44.4 Å². The number of unbranched alkanes of at least 4 members (excludes halogenated alkanes) is 1. The minimum atomic E-state index is -0.852. The molecule has 0 heterocycles. The third-order valence-corrected chi connectivity index (χ3v) is 5.13. The van der Waals surface area contributed by atoms with Crippen LogP contribution in [0.3, 0.4) is 0 Å². The Kier molecular flexibility index (Phi) is 10.9. The lowest BCUT2D eigenvalue weighted by Gasteiger charge is -2.22. The number of nitrogens with one attached hydrogen (secondary N) is 3. The van der Waals surface area contributed by atoms with E-state index < -0.39 is 18.2 Å². The van der Waals surface area contributed by atoms with Crippen LogP contribution in [0.4, 0.5) is 10.5 Å². The number of carbonyl (C=O) groups is 3. The topological polar surface area (TPSA) is 149 Å². The van der Waals surface area contributed by atoms with E-state index in [9.17, 15) is 14.4 Å². The number of ether oxygens (including phenoxy) is 1. The normalized spacial score (nSPS) is 12.4. The Labute approximate surface area is 194 Å². The first kappa shape index (κ1) is 25.8. The largest absolute Gasteiger partial charge is 0.445 e. The van der Waals surface area contributed by atoms with Gasteiger partial charge in [0.15, 0.2) is 0 Å². The van der Waals surface area contributed by atoms with E-state index in [4.69, 9.17) is 16.2 Å². The second-order valence-corrected chi connectivity index (χ2v) is 7.67. The zero-order chi connectivity index (χ0) is 24.1. The fourth-order valence-corrected chi connectivity index (χ4v) is 3.30. The summed E-state index contributed by atoms with van der Waals surface area (Å²) in [7, 11) is 1.72. The first-order valence-electron chi connectivity index (χ1n) is 11.0. The Morgan fingerprint density at radius 2 is 1.61 bits per heavy atom. The van der Waals surface area contributed by atoms with Crippen LogP contribution >= 0.6 is 0 Å². The van der Waals surface area contributed by atoms with Gasteiger partial charge in [-0.1, -0.05) is 48.9 Å². The molecule has 0 aliphatic rings. The summed E-state index contributed by atoms with van der Waals surface area (Å²) in [5.41, 5.74) is 12.7. The van der Waals surface area contributed by atoms with Gasteiger partial charge in [-0.2, -0.15) is 0 Å². The van der Waals surface area contributed by atoms with Crippen LogP contribution in [0.2, 0.25) is 0 Å². The van der Waals surface area contributed by atoms with E-state index in [-0.39, 0.29) is 18.4 Å². The Balaban J connectivity index is 2.08. The first-order valence-corrected chi connectivity index (χ1v) is 11.0. The average Bonchev–Trinajstić information content (AvgIpc) is 2.81. The molecule has 0 bridgehead atoms. The predicted octanol–water partition coefficient (Wildman–Crippen LogP) is 1.66. The van der Waals surface area contributed by atoms with Gasteiger partial charge in [0.2, 0.25) is 11.8 Å². The highest BCUT2D eigenvalue weighted by molar-refractivity contribution is 5.98. The van der Waals surface area contributed by atoms with Crippen LogP contribution in [-0.4, -0.2) is 43.6 Å². The number of amides is 3. The van der Waals surface area contributed by atoms with Crippen LogP contribution in [0.15, 0.2) is 54.6 Å². The quantitative estimate of drug-likeness (QED) is 0.290. The van der Waals surface area contributed by atoms with Crippen molar-refractivity contribution >= 4 is 23.6 Å². The second-order valence-electron chi connectivity index (χ2n) is 7.67. The number of nitrogens with two attached hydrogens (primary N) is 2. The standard InChI is InChI=1S/C24H33N5O4/c1-27-20(9-5-6-14-25)22(30)29-21(15-17-7-3-2-4-8-17)23(31)28-19-12-10-18(11-13-19)16-33-24(26)32/h2-4,7-8,10-13,20-21,27H,5-6,9,14-16,25H2,1H3,(H2,26,32)(H,28,31)(H,29,30)/t20-,21-/m0/s1. The van der Waals surface area contributed by atoms with Crippen LogP contribution in [0.5, 0.6) is 0 Å². The third kappa shape index (κ3) is 9.30. The lowest BCUT2D eigenvalue weighted by Crippen LogP contribution is -2.51.